The zero-order chi connectivity index (χ0) is 16.2. The van der Waals surface area contributed by atoms with E-state index in [0.29, 0.717) is 0 Å². The van der Waals surface area contributed by atoms with Crippen LogP contribution in [0.25, 0.3) is 0 Å². The predicted molar refractivity (Wildman–Crippen MR) is 97.0 cm³/mol. The first kappa shape index (κ1) is 16.4. The zero-order valence-corrected chi connectivity index (χ0v) is 14.7. The number of carbonyl (C=O) groups excluding carboxylic acids is 1. The first-order chi connectivity index (χ1) is 11.2. The molecule has 0 saturated heterocycles. The second kappa shape index (κ2) is 7.41. The molecule has 1 aliphatic rings. The molecule has 2 aromatic rings. The van der Waals surface area contributed by atoms with Crippen LogP contribution in [0, 0.1) is 0 Å². The van der Waals surface area contributed by atoms with Crippen molar-refractivity contribution in [3.63, 3.8) is 0 Å². The van der Waals surface area contributed by atoms with E-state index in [0.717, 1.165) is 35.8 Å². The van der Waals surface area contributed by atoms with Crippen LogP contribution in [-0.2, 0) is 17.8 Å². The standard InChI is InChI=1S/C19H20ClNOS/c1-2-18(23-17-9-7-16(20)8-10-17)19(22)21-12-11-14-5-3-4-6-15(14)13-21/h3-10,18H,2,11-13H2,1H3/t18-/m1/s1. The lowest BCUT2D eigenvalue weighted by Gasteiger charge is -2.31. The first-order valence-electron chi connectivity index (χ1n) is 7.95. The molecule has 0 bridgehead atoms. The number of thioether (sulfide) groups is 1. The van der Waals surface area contributed by atoms with Gasteiger partial charge in [-0.1, -0.05) is 42.8 Å². The second-order valence-corrected chi connectivity index (χ2v) is 7.46. The van der Waals surface area contributed by atoms with Crippen LogP contribution in [-0.4, -0.2) is 22.6 Å². The fraction of sp³-hybridized carbons (Fsp3) is 0.316. The molecule has 3 rings (SSSR count). The van der Waals surface area contributed by atoms with E-state index in [4.69, 9.17) is 11.6 Å². The smallest absolute Gasteiger partial charge is 0.236 e. The largest absolute Gasteiger partial charge is 0.337 e. The highest BCUT2D eigenvalue weighted by Gasteiger charge is 2.26. The molecule has 0 radical (unpaired) electrons. The molecular weight excluding hydrogens is 326 g/mol. The third kappa shape index (κ3) is 3.91. The Morgan fingerprint density at radius 2 is 1.87 bits per heavy atom. The monoisotopic (exact) mass is 345 g/mol. The molecular formula is C19H20ClNOS. The van der Waals surface area contributed by atoms with Crippen LogP contribution < -0.4 is 0 Å². The highest BCUT2D eigenvalue weighted by molar-refractivity contribution is 8.00. The molecule has 1 atom stereocenters. The Balaban J connectivity index is 1.69. The summed E-state index contributed by atoms with van der Waals surface area (Å²) in [5.74, 6) is 0.238. The molecule has 0 unspecified atom stereocenters. The van der Waals surface area contributed by atoms with Crippen molar-refractivity contribution < 1.29 is 4.79 Å². The van der Waals surface area contributed by atoms with Gasteiger partial charge in [-0.15, -0.1) is 11.8 Å². The maximum absolute atomic E-state index is 12.9. The van der Waals surface area contributed by atoms with Gasteiger partial charge in [0.2, 0.25) is 5.91 Å². The molecule has 1 heterocycles. The average molecular weight is 346 g/mol. The van der Waals surface area contributed by atoms with E-state index in [1.807, 2.05) is 35.2 Å². The highest BCUT2D eigenvalue weighted by atomic mass is 35.5. The summed E-state index contributed by atoms with van der Waals surface area (Å²) in [7, 11) is 0. The molecule has 2 nitrogen and oxygen atoms in total. The Kier molecular flexibility index (Phi) is 5.29. The third-order valence-corrected chi connectivity index (χ3v) is 5.80. The van der Waals surface area contributed by atoms with Crippen molar-refractivity contribution in [1.82, 2.24) is 4.90 Å². The van der Waals surface area contributed by atoms with E-state index < -0.39 is 0 Å². The van der Waals surface area contributed by atoms with Crippen LogP contribution in [0.1, 0.15) is 24.5 Å². The Morgan fingerprint density at radius 3 is 2.57 bits per heavy atom. The number of fused-ring (bicyclic) bond motifs is 1. The Bertz CT molecular complexity index is 686. The summed E-state index contributed by atoms with van der Waals surface area (Å²) in [5.41, 5.74) is 2.65. The minimum absolute atomic E-state index is 0.0403. The fourth-order valence-corrected chi connectivity index (χ4v) is 4.04. The minimum Gasteiger partial charge on any atom is -0.337 e. The number of hydrogen-bond acceptors (Lipinski definition) is 2. The summed E-state index contributed by atoms with van der Waals surface area (Å²) < 4.78 is 0. The number of benzene rings is 2. The van der Waals surface area contributed by atoms with E-state index in [1.54, 1.807) is 11.8 Å². The molecule has 0 aliphatic carbocycles. The van der Waals surface area contributed by atoms with Crippen molar-refractivity contribution >= 4 is 29.3 Å². The van der Waals surface area contributed by atoms with Crippen LogP contribution in [0.2, 0.25) is 5.02 Å². The van der Waals surface area contributed by atoms with Crippen molar-refractivity contribution in [2.75, 3.05) is 6.54 Å². The van der Waals surface area contributed by atoms with Gasteiger partial charge in [0, 0.05) is 23.0 Å². The number of carbonyl (C=O) groups is 1. The van der Waals surface area contributed by atoms with Gasteiger partial charge in [0.25, 0.3) is 0 Å². The Hall–Kier alpha value is -1.45. The van der Waals surface area contributed by atoms with Gasteiger partial charge < -0.3 is 4.90 Å². The maximum atomic E-state index is 12.9. The minimum atomic E-state index is -0.0403. The molecule has 0 spiro atoms. The Morgan fingerprint density at radius 1 is 1.17 bits per heavy atom. The quantitative estimate of drug-likeness (QED) is 0.742. The first-order valence-corrected chi connectivity index (χ1v) is 9.21. The molecule has 2 aromatic carbocycles. The van der Waals surface area contributed by atoms with E-state index in [2.05, 4.69) is 25.1 Å². The van der Waals surface area contributed by atoms with Crippen molar-refractivity contribution in [2.24, 2.45) is 0 Å². The van der Waals surface area contributed by atoms with Crippen molar-refractivity contribution in [3.8, 4) is 0 Å². The maximum Gasteiger partial charge on any atom is 0.236 e. The number of nitrogens with zero attached hydrogens (tertiary/aromatic N) is 1. The van der Waals surface area contributed by atoms with Gasteiger partial charge in [0.1, 0.15) is 0 Å². The van der Waals surface area contributed by atoms with Crippen LogP contribution in [0.5, 0.6) is 0 Å². The third-order valence-electron chi connectivity index (χ3n) is 4.18. The Labute approximate surface area is 146 Å². The van der Waals surface area contributed by atoms with Gasteiger partial charge in [-0.2, -0.15) is 0 Å². The lowest BCUT2D eigenvalue weighted by atomic mass is 9.99. The van der Waals surface area contributed by atoms with Gasteiger partial charge in [0.15, 0.2) is 0 Å². The van der Waals surface area contributed by atoms with E-state index >= 15 is 0 Å². The van der Waals surface area contributed by atoms with Crippen LogP contribution >= 0.6 is 23.4 Å². The highest BCUT2D eigenvalue weighted by Crippen LogP contribution is 2.29. The molecule has 0 fully saturated rings. The lowest BCUT2D eigenvalue weighted by molar-refractivity contribution is -0.131. The number of hydrogen-bond donors (Lipinski definition) is 0. The topological polar surface area (TPSA) is 20.3 Å². The summed E-state index contributed by atoms with van der Waals surface area (Å²) in [6.45, 7) is 3.61. The van der Waals surface area contributed by atoms with Crippen molar-refractivity contribution in [3.05, 3.63) is 64.7 Å². The average Bonchev–Trinajstić information content (AvgIpc) is 2.60. The zero-order valence-electron chi connectivity index (χ0n) is 13.2. The summed E-state index contributed by atoms with van der Waals surface area (Å²) in [4.78, 5) is 16.0. The summed E-state index contributed by atoms with van der Waals surface area (Å²) in [6.07, 6.45) is 1.77. The summed E-state index contributed by atoms with van der Waals surface area (Å²) in [5, 5.41) is 0.683. The van der Waals surface area contributed by atoms with Crippen LogP contribution in [0.3, 0.4) is 0 Å². The van der Waals surface area contributed by atoms with Crippen molar-refractivity contribution in [2.45, 2.75) is 36.5 Å². The lowest BCUT2D eigenvalue weighted by Crippen LogP contribution is -2.40. The molecule has 0 aromatic heterocycles. The van der Waals surface area contributed by atoms with Crippen molar-refractivity contribution in [1.29, 1.82) is 0 Å². The SMILES string of the molecule is CC[C@@H](Sc1ccc(Cl)cc1)C(=O)N1CCc2ccccc2C1. The molecule has 4 heteroatoms. The van der Waals surface area contributed by atoms with Crippen LogP contribution in [0.4, 0.5) is 0 Å². The predicted octanol–water partition coefficient (Wildman–Crippen LogP) is 4.80. The van der Waals surface area contributed by atoms with E-state index in [1.165, 1.54) is 11.1 Å². The van der Waals surface area contributed by atoms with Gasteiger partial charge in [-0.3, -0.25) is 4.79 Å². The molecule has 1 aliphatic heterocycles. The van der Waals surface area contributed by atoms with Crippen LogP contribution in [0.15, 0.2) is 53.4 Å². The number of rotatable bonds is 4. The van der Waals surface area contributed by atoms with Gasteiger partial charge in [0.05, 0.1) is 5.25 Å². The molecule has 23 heavy (non-hydrogen) atoms. The second-order valence-electron chi connectivity index (χ2n) is 5.75. The van der Waals surface area contributed by atoms with Gasteiger partial charge >= 0.3 is 0 Å². The van der Waals surface area contributed by atoms with E-state index in [-0.39, 0.29) is 11.2 Å². The normalized spacial score (nSPS) is 15.1. The molecule has 0 saturated carbocycles. The fourth-order valence-electron chi connectivity index (χ4n) is 2.87. The van der Waals surface area contributed by atoms with Gasteiger partial charge in [-0.25, -0.2) is 0 Å². The molecule has 0 N–H and O–H groups in total. The summed E-state index contributed by atoms with van der Waals surface area (Å²) >= 11 is 7.56. The van der Waals surface area contributed by atoms with Gasteiger partial charge in [-0.05, 0) is 48.2 Å². The van der Waals surface area contributed by atoms with E-state index in [9.17, 15) is 4.79 Å². The number of halogens is 1. The summed E-state index contributed by atoms with van der Waals surface area (Å²) in [6, 6.07) is 16.1. The molecule has 1 amide bonds. The number of amides is 1. The molecule has 120 valence electrons.